The Hall–Kier alpha value is -1.11. The van der Waals surface area contributed by atoms with Crippen LogP contribution in [0, 0.1) is 5.92 Å². The van der Waals surface area contributed by atoms with Crippen LogP contribution in [0.5, 0.6) is 0 Å². The molecule has 0 aromatic carbocycles. The standard InChI is InChI=1S/C13H18F3N3O/c14-13(15,16)10-4-2-1-3-9(10)12-18-17-11(7-20)19(12)8-5-6-8/h8-10,20H,1-7H2. The van der Waals surface area contributed by atoms with Gasteiger partial charge in [0.25, 0.3) is 0 Å². The zero-order valence-corrected chi connectivity index (χ0v) is 11.1. The minimum atomic E-state index is -4.19. The monoisotopic (exact) mass is 289 g/mol. The van der Waals surface area contributed by atoms with Gasteiger partial charge in [-0.05, 0) is 25.7 Å². The molecule has 0 bridgehead atoms. The van der Waals surface area contributed by atoms with E-state index in [1.807, 2.05) is 0 Å². The van der Waals surface area contributed by atoms with E-state index in [0.717, 1.165) is 19.3 Å². The van der Waals surface area contributed by atoms with Crippen molar-refractivity contribution < 1.29 is 18.3 Å². The van der Waals surface area contributed by atoms with Crippen LogP contribution in [0.2, 0.25) is 0 Å². The first-order chi connectivity index (χ1) is 9.52. The molecular formula is C13H18F3N3O. The first-order valence-corrected chi connectivity index (χ1v) is 7.13. The van der Waals surface area contributed by atoms with Crippen LogP contribution in [0.15, 0.2) is 0 Å². The fourth-order valence-electron chi connectivity index (χ4n) is 3.26. The summed E-state index contributed by atoms with van der Waals surface area (Å²) in [4.78, 5) is 0. The number of halogens is 3. The van der Waals surface area contributed by atoms with Crippen molar-refractivity contribution in [1.82, 2.24) is 14.8 Å². The molecule has 0 radical (unpaired) electrons. The number of hydrogen-bond donors (Lipinski definition) is 1. The van der Waals surface area contributed by atoms with Gasteiger partial charge in [0, 0.05) is 12.0 Å². The Morgan fingerprint density at radius 1 is 1.10 bits per heavy atom. The van der Waals surface area contributed by atoms with E-state index in [9.17, 15) is 18.3 Å². The second kappa shape index (κ2) is 5.02. The highest BCUT2D eigenvalue weighted by Gasteiger charge is 2.48. The molecule has 0 aliphatic heterocycles. The Labute approximate surface area is 115 Å². The predicted molar refractivity (Wildman–Crippen MR) is 65.0 cm³/mol. The Balaban J connectivity index is 1.96. The van der Waals surface area contributed by atoms with Crippen molar-refractivity contribution in [3.05, 3.63) is 11.6 Å². The first kappa shape index (κ1) is 13.9. The lowest BCUT2D eigenvalue weighted by Crippen LogP contribution is -2.33. The van der Waals surface area contributed by atoms with Crippen LogP contribution >= 0.6 is 0 Å². The van der Waals surface area contributed by atoms with Gasteiger partial charge in [-0.2, -0.15) is 13.2 Å². The number of alkyl halides is 3. The number of hydrogen-bond acceptors (Lipinski definition) is 3. The smallest absolute Gasteiger partial charge is 0.388 e. The lowest BCUT2D eigenvalue weighted by Gasteiger charge is -2.32. The molecule has 2 fully saturated rings. The van der Waals surface area contributed by atoms with E-state index in [4.69, 9.17) is 0 Å². The van der Waals surface area contributed by atoms with E-state index in [1.54, 1.807) is 4.57 Å². The van der Waals surface area contributed by atoms with Gasteiger partial charge in [0.15, 0.2) is 5.82 Å². The molecule has 0 amide bonds. The Morgan fingerprint density at radius 2 is 1.80 bits per heavy atom. The number of nitrogens with zero attached hydrogens (tertiary/aromatic N) is 3. The van der Waals surface area contributed by atoms with Crippen LogP contribution in [-0.2, 0) is 6.61 Å². The Kier molecular flexibility index (Phi) is 3.48. The van der Waals surface area contributed by atoms with Crippen molar-refractivity contribution in [1.29, 1.82) is 0 Å². The molecule has 0 saturated heterocycles. The summed E-state index contributed by atoms with van der Waals surface area (Å²) in [6.45, 7) is -0.271. The Morgan fingerprint density at radius 3 is 2.40 bits per heavy atom. The van der Waals surface area contributed by atoms with Gasteiger partial charge >= 0.3 is 6.18 Å². The third-order valence-electron chi connectivity index (χ3n) is 4.36. The minimum absolute atomic E-state index is 0.167. The SMILES string of the molecule is OCc1nnc(C2CCCCC2C(F)(F)F)n1C1CC1. The average molecular weight is 289 g/mol. The maximum Gasteiger partial charge on any atom is 0.392 e. The third-order valence-corrected chi connectivity index (χ3v) is 4.36. The molecule has 2 saturated carbocycles. The maximum atomic E-state index is 13.2. The summed E-state index contributed by atoms with van der Waals surface area (Å²) in [5, 5.41) is 17.2. The van der Waals surface area contributed by atoms with Crippen LogP contribution < -0.4 is 0 Å². The number of rotatable bonds is 3. The molecule has 1 N–H and O–H groups in total. The summed E-state index contributed by atoms with van der Waals surface area (Å²) in [5.74, 6) is -1.12. The summed E-state index contributed by atoms with van der Waals surface area (Å²) < 4.78 is 41.4. The van der Waals surface area contributed by atoms with Gasteiger partial charge < -0.3 is 9.67 Å². The fraction of sp³-hybridized carbons (Fsp3) is 0.846. The van der Waals surface area contributed by atoms with Crippen molar-refractivity contribution in [2.24, 2.45) is 5.92 Å². The van der Waals surface area contributed by atoms with Crippen molar-refractivity contribution in [2.45, 2.75) is 63.3 Å². The summed E-state index contributed by atoms with van der Waals surface area (Å²) in [5.41, 5.74) is 0. The van der Waals surface area contributed by atoms with Crippen LogP contribution in [0.25, 0.3) is 0 Å². The van der Waals surface area contributed by atoms with E-state index in [2.05, 4.69) is 10.2 Å². The highest BCUT2D eigenvalue weighted by molar-refractivity contribution is 5.10. The van der Waals surface area contributed by atoms with Crippen LogP contribution in [0.3, 0.4) is 0 Å². The van der Waals surface area contributed by atoms with Crippen LogP contribution in [0.1, 0.15) is 62.1 Å². The van der Waals surface area contributed by atoms with E-state index in [1.165, 1.54) is 0 Å². The highest BCUT2D eigenvalue weighted by Crippen LogP contribution is 2.48. The van der Waals surface area contributed by atoms with E-state index in [-0.39, 0.29) is 19.1 Å². The predicted octanol–water partition coefficient (Wildman–Crippen LogP) is 2.94. The molecular weight excluding hydrogens is 271 g/mol. The largest absolute Gasteiger partial charge is 0.392 e. The molecule has 2 atom stereocenters. The zero-order chi connectivity index (χ0) is 14.3. The molecule has 2 unspecified atom stereocenters. The molecule has 112 valence electrons. The second-order valence-corrected chi connectivity index (χ2v) is 5.77. The maximum absolute atomic E-state index is 13.2. The van der Waals surface area contributed by atoms with Crippen molar-refractivity contribution in [3.63, 3.8) is 0 Å². The number of aliphatic hydroxyl groups is 1. The van der Waals surface area contributed by atoms with Crippen molar-refractivity contribution in [2.75, 3.05) is 0 Å². The van der Waals surface area contributed by atoms with E-state index >= 15 is 0 Å². The van der Waals surface area contributed by atoms with Gasteiger partial charge in [0.1, 0.15) is 12.4 Å². The molecule has 20 heavy (non-hydrogen) atoms. The quantitative estimate of drug-likeness (QED) is 0.930. The molecule has 1 aromatic heterocycles. The molecule has 2 aliphatic carbocycles. The topological polar surface area (TPSA) is 50.9 Å². The van der Waals surface area contributed by atoms with Gasteiger partial charge in [-0.3, -0.25) is 0 Å². The van der Waals surface area contributed by atoms with Crippen molar-refractivity contribution >= 4 is 0 Å². The molecule has 0 spiro atoms. The molecule has 1 heterocycles. The number of aliphatic hydroxyl groups excluding tert-OH is 1. The molecule has 4 nitrogen and oxygen atoms in total. The molecule has 2 aliphatic rings. The highest BCUT2D eigenvalue weighted by atomic mass is 19.4. The summed E-state index contributed by atoms with van der Waals surface area (Å²) >= 11 is 0. The lowest BCUT2D eigenvalue weighted by atomic mass is 9.78. The Bertz CT molecular complexity index is 482. The van der Waals surface area contributed by atoms with Crippen LogP contribution in [-0.4, -0.2) is 26.0 Å². The van der Waals surface area contributed by atoms with Crippen molar-refractivity contribution in [3.8, 4) is 0 Å². The van der Waals surface area contributed by atoms with E-state index < -0.39 is 18.0 Å². The summed E-state index contributed by atoms with van der Waals surface area (Å²) in [6.07, 6.45) is -0.247. The summed E-state index contributed by atoms with van der Waals surface area (Å²) in [6, 6.07) is 0.179. The lowest BCUT2D eigenvalue weighted by molar-refractivity contribution is -0.188. The third kappa shape index (κ3) is 2.43. The van der Waals surface area contributed by atoms with Gasteiger partial charge in [0.05, 0.1) is 5.92 Å². The summed E-state index contributed by atoms with van der Waals surface area (Å²) in [7, 11) is 0. The molecule has 1 aromatic rings. The van der Waals surface area contributed by atoms with Gasteiger partial charge in [0.2, 0.25) is 0 Å². The second-order valence-electron chi connectivity index (χ2n) is 5.77. The number of aromatic nitrogens is 3. The van der Waals surface area contributed by atoms with Gasteiger partial charge in [-0.25, -0.2) is 0 Å². The zero-order valence-electron chi connectivity index (χ0n) is 11.1. The van der Waals surface area contributed by atoms with Gasteiger partial charge in [-0.15, -0.1) is 10.2 Å². The van der Waals surface area contributed by atoms with Gasteiger partial charge in [-0.1, -0.05) is 12.8 Å². The normalized spacial score (nSPS) is 27.8. The van der Waals surface area contributed by atoms with E-state index in [0.29, 0.717) is 24.5 Å². The first-order valence-electron chi connectivity index (χ1n) is 7.13. The minimum Gasteiger partial charge on any atom is -0.388 e. The van der Waals surface area contributed by atoms with Crippen LogP contribution in [0.4, 0.5) is 13.2 Å². The fourth-order valence-corrected chi connectivity index (χ4v) is 3.26. The molecule has 7 heteroatoms. The molecule has 3 rings (SSSR count). The average Bonchev–Trinajstić information content (AvgIpc) is 3.16.